The third kappa shape index (κ3) is 30.8. The minimum Gasteiger partial charge on any atom is -0.457 e. The lowest BCUT2D eigenvalue weighted by molar-refractivity contribution is -0.305. The fourth-order valence-electron chi connectivity index (χ4n) is 6.85. The van der Waals surface area contributed by atoms with Crippen LogP contribution in [0.2, 0.25) is 0 Å². The largest absolute Gasteiger partial charge is 0.457 e. The van der Waals surface area contributed by atoms with Crippen LogP contribution in [0.1, 0.15) is 187 Å². The van der Waals surface area contributed by atoms with E-state index in [1.165, 1.54) is 96.3 Å². The average Bonchev–Trinajstić information content (AvgIpc) is 3.21. The van der Waals surface area contributed by atoms with Crippen LogP contribution in [-0.2, 0) is 23.7 Å². The first-order valence-electron chi connectivity index (χ1n) is 23.2. The second-order valence-electron chi connectivity index (χ2n) is 15.8. The third-order valence-corrected chi connectivity index (χ3v) is 10.5. The minimum absolute atomic E-state index is 0.122. The highest BCUT2D eigenvalue weighted by atomic mass is 16.7. The summed E-state index contributed by atoms with van der Waals surface area (Å²) in [5.74, 6) is -0.332. The molecule has 9 heteroatoms. The quantitative estimate of drug-likeness (QED) is 0.0272. The third-order valence-electron chi connectivity index (χ3n) is 10.5. The number of unbranched alkanes of at least 4 members (excludes halogenated alkanes) is 20. The average molecular weight is 807 g/mol. The van der Waals surface area contributed by atoms with Crippen LogP contribution in [0.5, 0.6) is 0 Å². The van der Waals surface area contributed by atoms with E-state index in [9.17, 15) is 25.2 Å². The van der Waals surface area contributed by atoms with Crippen molar-refractivity contribution in [3.8, 4) is 0 Å². The summed E-state index contributed by atoms with van der Waals surface area (Å²) in [4.78, 5) is 12.8. The Kier molecular flexibility index (Phi) is 36.9. The van der Waals surface area contributed by atoms with Crippen molar-refractivity contribution < 1.29 is 44.2 Å². The molecule has 4 N–H and O–H groups in total. The SMILES string of the molecule is CC/C=C\C/C=C\C/C=C\CCCCCCCC(=O)OC(COCCCCCCCCCC/C=C\CCCCCCCCC)COC1OC(CO)C(O)C(O)C1O. The Balaban J connectivity index is 2.26. The maximum atomic E-state index is 12.8. The van der Waals surface area contributed by atoms with Gasteiger partial charge in [-0.25, -0.2) is 0 Å². The Morgan fingerprint density at radius 1 is 0.579 bits per heavy atom. The van der Waals surface area contributed by atoms with Gasteiger partial charge in [0.15, 0.2) is 6.29 Å². The summed E-state index contributed by atoms with van der Waals surface area (Å²) in [5, 5.41) is 40.1. The second-order valence-corrected chi connectivity index (χ2v) is 15.8. The summed E-state index contributed by atoms with van der Waals surface area (Å²) >= 11 is 0. The van der Waals surface area contributed by atoms with Crippen molar-refractivity contribution in [1.29, 1.82) is 0 Å². The molecule has 1 aliphatic rings. The van der Waals surface area contributed by atoms with Gasteiger partial charge in [0.2, 0.25) is 0 Å². The second kappa shape index (κ2) is 39.6. The van der Waals surface area contributed by atoms with E-state index in [0.717, 1.165) is 70.6 Å². The first kappa shape index (κ1) is 53.2. The monoisotopic (exact) mass is 807 g/mol. The van der Waals surface area contributed by atoms with Gasteiger partial charge in [0.25, 0.3) is 0 Å². The van der Waals surface area contributed by atoms with E-state index in [0.29, 0.717) is 13.0 Å². The molecule has 6 atom stereocenters. The Bertz CT molecular complexity index is 1010. The van der Waals surface area contributed by atoms with Crippen LogP contribution in [0, 0.1) is 0 Å². The number of carbonyl (C=O) groups excluding carboxylic acids is 1. The Morgan fingerprint density at radius 2 is 1.07 bits per heavy atom. The molecule has 0 amide bonds. The molecule has 1 aliphatic heterocycles. The molecule has 1 rings (SSSR count). The van der Waals surface area contributed by atoms with Gasteiger partial charge in [-0.3, -0.25) is 4.79 Å². The number of aliphatic hydroxyl groups excluding tert-OH is 4. The number of carbonyl (C=O) groups is 1. The molecule has 1 heterocycles. The normalized spacial score (nSPS) is 20.8. The van der Waals surface area contributed by atoms with Gasteiger partial charge in [-0.15, -0.1) is 0 Å². The van der Waals surface area contributed by atoms with Crippen LogP contribution in [0.25, 0.3) is 0 Å². The number of rotatable bonds is 39. The van der Waals surface area contributed by atoms with Gasteiger partial charge in [0.1, 0.15) is 30.5 Å². The van der Waals surface area contributed by atoms with Crippen molar-refractivity contribution in [3.05, 3.63) is 48.6 Å². The van der Waals surface area contributed by atoms with E-state index in [-0.39, 0.29) is 19.2 Å². The number of aliphatic hydroxyl groups is 4. The molecule has 1 saturated heterocycles. The topological polar surface area (TPSA) is 135 Å². The first-order valence-corrected chi connectivity index (χ1v) is 23.2. The Hall–Kier alpha value is -1.85. The number of allylic oxidation sites excluding steroid dienone is 8. The molecule has 0 aromatic heterocycles. The van der Waals surface area contributed by atoms with Crippen LogP contribution >= 0.6 is 0 Å². The van der Waals surface area contributed by atoms with Crippen LogP contribution in [0.15, 0.2) is 48.6 Å². The lowest BCUT2D eigenvalue weighted by atomic mass is 9.99. The zero-order valence-electron chi connectivity index (χ0n) is 36.3. The molecule has 9 nitrogen and oxygen atoms in total. The van der Waals surface area contributed by atoms with Gasteiger partial charge < -0.3 is 39.4 Å². The van der Waals surface area contributed by atoms with Crippen molar-refractivity contribution in [2.75, 3.05) is 26.4 Å². The van der Waals surface area contributed by atoms with E-state index < -0.39 is 43.4 Å². The number of esters is 1. The molecule has 332 valence electrons. The molecule has 0 bridgehead atoms. The molecule has 0 spiro atoms. The summed E-state index contributed by atoms with van der Waals surface area (Å²) < 4.78 is 22.8. The fraction of sp³-hybridized carbons (Fsp3) is 0.812. The van der Waals surface area contributed by atoms with Crippen molar-refractivity contribution in [2.24, 2.45) is 0 Å². The van der Waals surface area contributed by atoms with Gasteiger partial charge >= 0.3 is 5.97 Å². The van der Waals surface area contributed by atoms with Crippen molar-refractivity contribution >= 4 is 5.97 Å². The first-order chi connectivity index (χ1) is 27.9. The maximum Gasteiger partial charge on any atom is 0.306 e. The van der Waals surface area contributed by atoms with Gasteiger partial charge in [-0.2, -0.15) is 0 Å². The molecule has 0 aromatic carbocycles. The van der Waals surface area contributed by atoms with Crippen molar-refractivity contribution in [2.45, 2.75) is 224 Å². The number of hydrogen-bond donors (Lipinski definition) is 4. The summed E-state index contributed by atoms with van der Waals surface area (Å²) in [7, 11) is 0. The molecule has 1 fully saturated rings. The molecule has 0 aromatic rings. The summed E-state index contributed by atoms with van der Waals surface area (Å²) in [6, 6.07) is 0. The van der Waals surface area contributed by atoms with E-state index >= 15 is 0 Å². The molecule has 0 saturated carbocycles. The molecular formula is C48H86O9. The van der Waals surface area contributed by atoms with Crippen LogP contribution in [-0.4, -0.2) is 89.6 Å². The maximum absolute atomic E-state index is 12.8. The lowest BCUT2D eigenvalue weighted by Crippen LogP contribution is -2.59. The Morgan fingerprint density at radius 3 is 1.63 bits per heavy atom. The van der Waals surface area contributed by atoms with Gasteiger partial charge in [-0.1, -0.05) is 159 Å². The van der Waals surface area contributed by atoms with E-state index in [2.05, 4.69) is 62.5 Å². The zero-order chi connectivity index (χ0) is 41.4. The highest BCUT2D eigenvalue weighted by Crippen LogP contribution is 2.22. The number of ether oxygens (including phenoxy) is 4. The van der Waals surface area contributed by atoms with E-state index in [4.69, 9.17) is 18.9 Å². The van der Waals surface area contributed by atoms with E-state index in [1.807, 2.05) is 0 Å². The highest BCUT2D eigenvalue weighted by Gasteiger charge is 2.44. The molecule has 0 aliphatic carbocycles. The van der Waals surface area contributed by atoms with Crippen LogP contribution in [0.3, 0.4) is 0 Å². The van der Waals surface area contributed by atoms with Crippen LogP contribution in [0.4, 0.5) is 0 Å². The number of hydrogen-bond acceptors (Lipinski definition) is 9. The highest BCUT2D eigenvalue weighted by molar-refractivity contribution is 5.69. The van der Waals surface area contributed by atoms with Crippen molar-refractivity contribution in [3.63, 3.8) is 0 Å². The molecular weight excluding hydrogens is 721 g/mol. The Labute approximate surface area is 348 Å². The fourth-order valence-corrected chi connectivity index (χ4v) is 6.85. The molecule has 57 heavy (non-hydrogen) atoms. The lowest BCUT2D eigenvalue weighted by Gasteiger charge is -2.39. The summed E-state index contributed by atoms with van der Waals surface area (Å²) in [5.41, 5.74) is 0. The van der Waals surface area contributed by atoms with Crippen LogP contribution < -0.4 is 0 Å². The standard InChI is InChI=1S/C48H86O9/c1-3-5-7-9-11-13-15-17-19-20-21-22-24-26-28-30-32-34-36-38-54-40-42(41-55-48-47(53)46(52)45(51)43(39-49)57-48)56-44(50)37-35-33-31-29-27-25-23-18-16-14-12-10-8-6-4-2/h6,8,12,14,18-20,23,42-43,45-49,51-53H,3-5,7,9-11,13,15-17,21-22,24-41H2,1-2H3/b8-6-,14-12-,20-19-,23-18-. The van der Waals surface area contributed by atoms with Gasteiger partial charge in [0, 0.05) is 13.0 Å². The minimum atomic E-state index is -1.54. The smallest absolute Gasteiger partial charge is 0.306 e. The summed E-state index contributed by atoms with van der Waals surface area (Å²) in [6.07, 6.45) is 41.4. The van der Waals surface area contributed by atoms with Gasteiger partial charge in [-0.05, 0) is 70.6 Å². The van der Waals surface area contributed by atoms with E-state index in [1.54, 1.807) is 0 Å². The van der Waals surface area contributed by atoms with Crippen molar-refractivity contribution in [1.82, 2.24) is 0 Å². The summed E-state index contributed by atoms with van der Waals surface area (Å²) in [6.45, 7) is 4.42. The molecule has 6 unspecified atom stereocenters. The predicted molar refractivity (Wildman–Crippen MR) is 233 cm³/mol. The van der Waals surface area contributed by atoms with Gasteiger partial charge in [0.05, 0.1) is 19.8 Å². The zero-order valence-corrected chi connectivity index (χ0v) is 36.3. The predicted octanol–water partition coefficient (Wildman–Crippen LogP) is 10.5. The molecule has 0 radical (unpaired) electrons.